The van der Waals surface area contributed by atoms with Crippen LogP contribution in [0, 0.1) is 5.82 Å². The van der Waals surface area contributed by atoms with Gasteiger partial charge in [-0.25, -0.2) is 4.39 Å². The molecule has 0 radical (unpaired) electrons. The highest BCUT2D eigenvalue weighted by Crippen LogP contribution is 2.04. The van der Waals surface area contributed by atoms with Crippen LogP contribution < -0.4 is 5.32 Å². The number of hydrogen-bond donors (Lipinski definition) is 2. The number of aliphatic hydroxyl groups excluding tert-OH is 1. The lowest BCUT2D eigenvalue weighted by molar-refractivity contribution is 0.292. The number of aliphatic hydroxyl groups is 1. The third kappa shape index (κ3) is 6.44. The van der Waals surface area contributed by atoms with Gasteiger partial charge in [-0.3, -0.25) is 0 Å². The molecule has 0 saturated carbocycles. The number of aryl methyl sites for hydroxylation is 1. The molecule has 2 nitrogen and oxygen atoms in total. The van der Waals surface area contributed by atoms with E-state index in [1.54, 1.807) is 12.1 Å². The van der Waals surface area contributed by atoms with E-state index < -0.39 is 0 Å². The number of nitrogens with one attached hydrogen (secondary N) is 1. The third-order valence-corrected chi connectivity index (χ3v) is 2.02. The van der Waals surface area contributed by atoms with Crippen molar-refractivity contribution in [1.82, 2.24) is 5.32 Å². The SMILES string of the molecule is Cl.OCCNCCCc1ccc(F)cc1. The van der Waals surface area contributed by atoms with Crippen LogP contribution >= 0.6 is 12.4 Å². The van der Waals surface area contributed by atoms with Gasteiger partial charge in [0, 0.05) is 6.54 Å². The molecule has 0 spiro atoms. The monoisotopic (exact) mass is 233 g/mol. The van der Waals surface area contributed by atoms with Crippen molar-refractivity contribution in [2.45, 2.75) is 12.8 Å². The Labute approximate surface area is 95.9 Å². The van der Waals surface area contributed by atoms with Crippen LogP contribution in [0.2, 0.25) is 0 Å². The highest BCUT2D eigenvalue weighted by atomic mass is 35.5. The van der Waals surface area contributed by atoms with Crippen LogP contribution in [-0.4, -0.2) is 24.8 Å². The summed E-state index contributed by atoms with van der Waals surface area (Å²) in [5.41, 5.74) is 1.15. The average molecular weight is 234 g/mol. The van der Waals surface area contributed by atoms with E-state index in [0.717, 1.165) is 24.9 Å². The normalized spacial score (nSPS) is 9.73. The summed E-state index contributed by atoms with van der Waals surface area (Å²) in [6, 6.07) is 6.58. The molecule has 0 amide bonds. The van der Waals surface area contributed by atoms with Crippen molar-refractivity contribution in [2.75, 3.05) is 19.7 Å². The summed E-state index contributed by atoms with van der Waals surface area (Å²) >= 11 is 0. The van der Waals surface area contributed by atoms with Crippen molar-refractivity contribution in [1.29, 1.82) is 0 Å². The van der Waals surface area contributed by atoms with Gasteiger partial charge in [-0.2, -0.15) is 0 Å². The minimum atomic E-state index is -0.188. The van der Waals surface area contributed by atoms with Gasteiger partial charge in [-0.15, -0.1) is 12.4 Å². The van der Waals surface area contributed by atoms with Gasteiger partial charge in [0.1, 0.15) is 5.82 Å². The molecule has 0 atom stereocenters. The van der Waals surface area contributed by atoms with Gasteiger partial charge in [0.05, 0.1) is 6.61 Å². The van der Waals surface area contributed by atoms with Crippen LogP contribution in [0.15, 0.2) is 24.3 Å². The van der Waals surface area contributed by atoms with Gasteiger partial charge in [-0.1, -0.05) is 12.1 Å². The minimum Gasteiger partial charge on any atom is -0.395 e. The van der Waals surface area contributed by atoms with Gasteiger partial charge in [0.2, 0.25) is 0 Å². The summed E-state index contributed by atoms with van der Waals surface area (Å²) in [7, 11) is 0. The Morgan fingerprint density at radius 2 is 1.80 bits per heavy atom. The van der Waals surface area contributed by atoms with Gasteiger partial charge in [-0.05, 0) is 37.1 Å². The predicted octanol–water partition coefficient (Wildman–Crippen LogP) is 1.76. The van der Waals surface area contributed by atoms with Crippen molar-refractivity contribution in [3.63, 3.8) is 0 Å². The standard InChI is InChI=1S/C11H16FNO.ClH/c12-11-5-3-10(4-6-11)2-1-7-13-8-9-14;/h3-6,13-14H,1-2,7-9H2;1H. The third-order valence-electron chi connectivity index (χ3n) is 2.02. The van der Waals surface area contributed by atoms with Gasteiger partial charge >= 0.3 is 0 Å². The first kappa shape index (κ1) is 14.4. The van der Waals surface area contributed by atoms with Crippen molar-refractivity contribution < 1.29 is 9.50 Å². The van der Waals surface area contributed by atoms with Crippen molar-refractivity contribution in [3.8, 4) is 0 Å². The van der Waals surface area contributed by atoms with Crippen LogP contribution in [0.1, 0.15) is 12.0 Å². The molecule has 0 bridgehead atoms. The van der Waals surface area contributed by atoms with Crippen LogP contribution in [0.4, 0.5) is 4.39 Å². The topological polar surface area (TPSA) is 32.3 Å². The van der Waals surface area contributed by atoms with E-state index in [1.165, 1.54) is 12.1 Å². The summed E-state index contributed by atoms with van der Waals surface area (Å²) in [5, 5.41) is 11.6. The maximum atomic E-state index is 12.5. The molecule has 0 saturated heterocycles. The van der Waals surface area contributed by atoms with E-state index >= 15 is 0 Å². The molecule has 1 aromatic carbocycles. The molecule has 0 aromatic heterocycles. The fraction of sp³-hybridized carbons (Fsp3) is 0.455. The largest absolute Gasteiger partial charge is 0.395 e. The lowest BCUT2D eigenvalue weighted by atomic mass is 10.1. The van der Waals surface area contributed by atoms with Crippen LogP contribution in [0.5, 0.6) is 0 Å². The highest BCUT2D eigenvalue weighted by molar-refractivity contribution is 5.85. The molecular formula is C11H17ClFNO. The smallest absolute Gasteiger partial charge is 0.123 e. The number of rotatable bonds is 6. The van der Waals surface area contributed by atoms with E-state index in [2.05, 4.69) is 5.32 Å². The van der Waals surface area contributed by atoms with Crippen molar-refractivity contribution in [2.24, 2.45) is 0 Å². The van der Waals surface area contributed by atoms with E-state index in [-0.39, 0.29) is 24.8 Å². The van der Waals surface area contributed by atoms with Gasteiger partial charge in [0.25, 0.3) is 0 Å². The molecular weight excluding hydrogens is 217 g/mol. The zero-order valence-electron chi connectivity index (χ0n) is 8.58. The lowest BCUT2D eigenvalue weighted by Crippen LogP contribution is -2.19. The molecule has 86 valence electrons. The maximum absolute atomic E-state index is 12.5. The first-order valence-electron chi connectivity index (χ1n) is 4.89. The maximum Gasteiger partial charge on any atom is 0.123 e. The number of benzene rings is 1. The molecule has 15 heavy (non-hydrogen) atoms. The molecule has 0 aliphatic rings. The summed E-state index contributed by atoms with van der Waals surface area (Å²) in [6.07, 6.45) is 1.95. The zero-order valence-corrected chi connectivity index (χ0v) is 9.39. The number of hydrogen-bond acceptors (Lipinski definition) is 2. The fourth-order valence-electron chi connectivity index (χ4n) is 1.27. The average Bonchev–Trinajstić information content (AvgIpc) is 2.21. The Morgan fingerprint density at radius 3 is 2.40 bits per heavy atom. The van der Waals surface area contributed by atoms with Crippen molar-refractivity contribution >= 4 is 12.4 Å². The summed E-state index contributed by atoms with van der Waals surface area (Å²) in [6.45, 7) is 1.71. The highest BCUT2D eigenvalue weighted by Gasteiger charge is 1.93. The second kappa shape index (κ2) is 8.65. The van der Waals surface area contributed by atoms with Gasteiger partial charge < -0.3 is 10.4 Å². The Balaban J connectivity index is 0.00000196. The first-order chi connectivity index (χ1) is 6.83. The zero-order chi connectivity index (χ0) is 10.2. The Morgan fingerprint density at radius 1 is 1.13 bits per heavy atom. The van der Waals surface area contributed by atoms with Crippen LogP contribution in [-0.2, 0) is 6.42 Å². The lowest BCUT2D eigenvalue weighted by Gasteiger charge is -2.02. The molecule has 4 heteroatoms. The second-order valence-electron chi connectivity index (χ2n) is 3.20. The predicted molar refractivity (Wildman–Crippen MR) is 61.9 cm³/mol. The van der Waals surface area contributed by atoms with E-state index in [0.29, 0.717) is 6.54 Å². The van der Waals surface area contributed by atoms with E-state index in [1.807, 2.05) is 0 Å². The molecule has 1 rings (SSSR count). The van der Waals surface area contributed by atoms with Crippen LogP contribution in [0.25, 0.3) is 0 Å². The van der Waals surface area contributed by atoms with Gasteiger partial charge in [0.15, 0.2) is 0 Å². The van der Waals surface area contributed by atoms with Crippen LogP contribution in [0.3, 0.4) is 0 Å². The first-order valence-corrected chi connectivity index (χ1v) is 4.89. The van der Waals surface area contributed by atoms with E-state index in [4.69, 9.17) is 5.11 Å². The molecule has 0 aliphatic heterocycles. The fourth-order valence-corrected chi connectivity index (χ4v) is 1.27. The Kier molecular flexibility index (Phi) is 8.28. The Hall–Kier alpha value is -0.640. The summed E-state index contributed by atoms with van der Waals surface area (Å²) in [4.78, 5) is 0. The molecule has 0 unspecified atom stereocenters. The summed E-state index contributed by atoms with van der Waals surface area (Å²) < 4.78 is 12.5. The molecule has 0 fully saturated rings. The summed E-state index contributed by atoms with van der Waals surface area (Å²) in [5.74, 6) is -0.188. The molecule has 1 aromatic rings. The minimum absolute atomic E-state index is 0. The second-order valence-corrected chi connectivity index (χ2v) is 3.20. The van der Waals surface area contributed by atoms with Crippen molar-refractivity contribution in [3.05, 3.63) is 35.6 Å². The quantitative estimate of drug-likeness (QED) is 0.734. The molecule has 0 heterocycles. The Bertz CT molecular complexity index is 253. The van der Waals surface area contributed by atoms with E-state index in [9.17, 15) is 4.39 Å². The molecule has 0 aliphatic carbocycles. The molecule has 2 N–H and O–H groups in total. The number of halogens is 2.